The van der Waals surface area contributed by atoms with Gasteiger partial charge in [0, 0.05) is 19.2 Å². The van der Waals surface area contributed by atoms with Gasteiger partial charge in [0.1, 0.15) is 18.0 Å². The molecule has 0 spiro atoms. The van der Waals surface area contributed by atoms with Gasteiger partial charge in [0.05, 0.1) is 18.5 Å². The van der Waals surface area contributed by atoms with Gasteiger partial charge in [-0.05, 0) is 20.3 Å². The molecule has 0 saturated carbocycles. The average Bonchev–Trinajstić information content (AvgIpc) is 2.55. The summed E-state index contributed by atoms with van der Waals surface area (Å²) in [5.41, 5.74) is 3.91. The molecule has 1 fully saturated rings. The van der Waals surface area contributed by atoms with Crippen LogP contribution in [0.4, 0.5) is 23.8 Å². The zero-order valence-corrected chi connectivity index (χ0v) is 14.9. The number of hydrogen-bond donors (Lipinski definition) is 5. The van der Waals surface area contributed by atoms with Crippen molar-refractivity contribution in [3.05, 3.63) is 18.1 Å². The van der Waals surface area contributed by atoms with Crippen LogP contribution in [-0.2, 0) is 10.9 Å². The van der Waals surface area contributed by atoms with Gasteiger partial charge < -0.3 is 31.3 Å². The van der Waals surface area contributed by atoms with E-state index in [1.165, 1.54) is 0 Å². The van der Waals surface area contributed by atoms with E-state index < -0.39 is 30.2 Å². The number of hydrogen-bond acceptors (Lipinski definition) is 7. The minimum Gasteiger partial charge on any atom is -0.390 e. The fraction of sp³-hybridized carbons (Fsp3) is 0.667. The van der Waals surface area contributed by atoms with Gasteiger partial charge in [0.25, 0.3) is 0 Å². The number of amides is 2. The predicted molar refractivity (Wildman–Crippen MR) is 89.5 cm³/mol. The number of nitrogens with two attached hydrogens (primary N) is 1. The molecule has 0 radical (unpaired) electrons. The lowest BCUT2D eigenvalue weighted by Gasteiger charge is -2.32. The molecule has 3 unspecified atom stereocenters. The summed E-state index contributed by atoms with van der Waals surface area (Å²) in [7, 11) is 0. The van der Waals surface area contributed by atoms with Gasteiger partial charge in [-0.3, -0.25) is 4.98 Å². The number of ether oxygens (including phenoxy) is 1. The van der Waals surface area contributed by atoms with Gasteiger partial charge in [0.2, 0.25) is 0 Å². The summed E-state index contributed by atoms with van der Waals surface area (Å²) in [6.45, 7) is 4.30. The summed E-state index contributed by atoms with van der Waals surface area (Å²) in [6, 6.07) is -0.242. The van der Waals surface area contributed by atoms with Gasteiger partial charge in [-0.15, -0.1) is 0 Å². The summed E-state index contributed by atoms with van der Waals surface area (Å²) in [5.74, 6) is -0.236. The highest BCUT2D eigenvalue weighted by Crippen LogP contribution is 2.26. The van der Waals surface area contributed by atoms with Crippen molar-refractivity contribution >= 4 is 11.8 Å². The maximum Gasteiger partial charge on any atom is 0.434 e. The molecule has 1 aliphatic heterocycles. The normalized spacial score (nSPS) is 22.6. The molecule has 1 aliphatic rings. The number of alkyl halides is 3. The van der Waals surface area contributed by atoms with E-state index in [1.807, 2.05) is 13.8 Å². The highest BCUT2D eigenvalue weighted by molar-refractivity contribution is 5.74. The van der Waals surface area contributed by atoms with Crippen molar-refractivity contribution in [2.45, 2.75) is 50.8 Å². The second-order valence-corrected chi connectivity index (χ2v) is 6.09. The lowest BCUT2D eigenvalue weighted by atomic mass is 10.0. The van der Waals surface area contributed by atoms with Crippen molar-refractivity contribution in [3.8, 4) is 0 Å². The molecular formula is C15H24F3N5O4. The molecule has 12 heteroatoms. The number of aromatic nitrogens is 2. The number of urea groups is 1. The van der Waals surface area contributed by atoms with Gasteiger partial charge in [-0.25, -0.2) is 9.78 Å². The van der Waals surface area contributed by atoms with E-state index in [0.29, 0.717) is 19.2 Å². The molecule has 1 aromatic rings. The number of nitrogens with one attached hydrogen (secondary N) is 2. The second-order valence-electron chi connectivity index (χ2n) is 6.09. The van der Waals surface area contributed by atoms with Crippen molar-refractivity contribution < 1.29 is 32.9 Å². The van der Waals surface area contributed by atoms with Crippen molar-refractivity contribution in [1.82, 2.24) is 20.6 Å². The first-order valence-electron chi connectivity index (χ1n) is 8.17. The second kappa shape index (κ2) is 10.2. The van der Waals surface area contributed by atoms with E-state index in [2.05, 4.69) is 20.6 Å². The smallest absolute Gasteiger partial charge is 0.390 e. The Bertz CT molecular complexity index is 603. The number of nitrogen functional groups attached to an aromatic ring is 1. The summed E-state index contributed by atoms with van der Waals surface area (Å²) >= 11 is 0. The molecule has 1 saturated heterocycles. The third-order valence-corrected chi connectivity index (χ3v) is 3.35. The number of nitrogens with zero attached hydrogens (tertiary/aromatic N) is 2. The monoisotopic (exact) mass is 395 g/mol. The molecule has 2 amide bonds. The van der Waals surface area contributed by atoms with Crippen molar-refractivity contribution in [1.29, 1.82) is 0 Å². The molecule has 6 N–H and O–H groups in total. The SMILES string of the molecule is CC(C)NC(=O)NCC1OCCC(O)C1O.Nc1cncc(C(F)(F)F)n1. The van der Waals surface area contributed by atoms with Crippen LogP contribution in [0.25, 0.3) is 0 Å². The van der Waals surface area contributed by atoms with Crippen LogP contribution in [0, 0.1) is 0 Å². The van der Waals surface area contributed by atoms with Crippen LogP contribution in [-0.4, -0.2) is 63.7 Å². The Morgan fingerprint density at radius 2 is 2.07 bits per heavy atom. The third kappa shape index (κ3) is 8.37. The first-order chi connectivity index (χ1) is 12.5. The number of halogens is 3. The van der Waals surface area contributed by atoms with Crippen molar-refractivity contribution in [3.63, 3.8) is 0 Å². The Kier molecular flexibility index (Phi) is 8.66. The summed E-state index contributed by atoms with van der Waals surface area (Å²) in [4.78, 5) is 17.5. The fourth-order valence-electron chi connectivity index (χ4n) is 2.06. The lowest BCUT2D eigenvalue weighted by molar-refractivity contribution is -0.141. The minimum atomic E-state index is -4.47. The first kappa shape index (κ1) is 22.9. The molecule has 0 bridgehead atoms. The number of carbonyl (C=O) groups excluding carboxylic acids is 1. The van der Waals surface area contributed by atoms with E-state index >= 15 is 0 Å². The van der Waals surface area contributed by atoms with E-state index in [4.69, 9.17) is 10.5 Å². The highest BCUT2D eigenvalue weighted by atomic mass is 19.4. The molecular weight excluding hydrogens is 371 g/mol. The number of carbonyl (C=O) groups is 1. The molecule has 0 aliphatic carbocycles. The van der Waals surface area contributed by atoms with Crippen LogP contribution in [0.3, 0.4) is 0 Å². The molecule has 27 heavy (non-hydrogen) atoms. The average molecular weight is 395 g/mol. The lowest BCUT2D eigenvalue weighted by Crippen LogP contribution is -2.51. The molecule has 9 nitrogen and oxygen atoms in total. The number of aliphatic hydroxyl groups excluding tert-OH is 2. The van der Waals surface area contributed by atoms with Crippen LogP contribution >= 0.6 is 0 Å². The highest BCUT2D eigenvalue weighted by Gasteiger charge is 2.33. The zero-order chi connectivity index (χ0) is 20.6. The van der Waals surface area contributed by atoms with E-state index in [9.17, 15) is 28.2 Å². The van der Waals surface area contributed by atoms with Crippen molar-refractivity contribution in [2.24, 2.45) is 0 Å². The third-order valence-electron chi connectivity index (χ3n) is 3.35. The number of anilines is 1. The quantitative estimate of drug-likeness (QED) is 0.495. The Balaban J connectivity index is 0.000000289. The largest absolute Gasteiger partial charge is 0.434 e. The maximum absolute atomic E-state index is 11.8. The first-order valence-corrected chi connectivity index (χ1v) is 8.17. The van der Waals surface area contributed by atoms with E-state index in [1.54, 1.807) is 0 Å². The van der Waals surface area contributed by atoms with Crippen LogP contribution < -0.4 is 16.4 Å². The Labute approximate surface area is 154 Å². The molecule has 3 atom stereocenters. The molecule has 2 rings (SSSR count). The maximum atomic E-state index is 11.8. The number of rotatable bonds is 3. The summed E-state index contributed by atoms with van der Waals surface area (Å²) in [5, 5.41) is 24.2. The van der Waals surface area contributed by atoms with Gasteiger partial charge >= 0.3 is 12.2 Å². The van der Waals surface area contributed by atoms with E-state index in [-0.39, 0.29) is 24.4 Å². The summed E-state index contributed by atoms with van der Waals surface area (Å²) < 4.78 is 40.7. The van der Waals surface area contributed by atoms with Crippen LogP contribution in [0.5, 0.6) is 0 Å². The Morgan fingerprint density at radius 3 is 2.59 bits per heavy atom. The van der Waals surface area contributed by atoms with Gasteiger partial charge in [0.15, 0.2) is 5.69 Å². The fourth-order valence-corrected chi connectivity index (χ4v) is 2.06. The van der Waals surface area contributed by atoms with Gasteiger partial charge in [-0.2, -0.15) is 13.2 Å². The minimum absolute atomic E-state index is 0.0581. The Hall–Kier alpha value is -2.18. The van der Waals surface area contributed by atoms with Crippen molar-refractivity contribution in [2.75, 3.05) is 18.9 Å². The van der Waals surface area contributed by atoms with Crippen LogP contribution in [0.15, 0.2) is 12.4 Å². The molecule has 2 heterocycles. The van der Waals surface area contributed by atoms with Crippen LogP contribution in [0.1, 0.15) is 26.0 Å². The number of aliphatic hydroxyl groups is 2. The molecule has 0 aromatic carbocycles. The predicted octanol–water partition coefficient (Wildman–Crippen LogP) is 0.282. The molecule has 154 valence electrons. The summed E-state index contributed by atoms with van der Waals surface area (Å²) in [6.07, 6.45) is -4.62. The zero-order valence-electron chi connectivity index (χ0n) is 14.9. The Morgan fingerprint density at radius 1 is 1.41 bits per heavy atom. The van der Waals surface area contributed by atoms with E-state index in [0.717, 1.165) is 6.20 Å². The van der Waals surface area contributed by atoms with Crippen LogP contribution in [0.2, 0.25) is 0 Å². The molecule has 1 aromatic heterocycles. The van der Waals surface area contributed by atoms with Gasteiger partial charge in [-0.1, -0.05) is 0 Å². The topological polar surface area (TPSA) is 143 Å². The standard InChI is InChI=1S/C10H20N2O4.C5H4F3N3/c1-6(2)12-10(15)11-5-8-9(14)7(13)3-4-16-8;6-5(7,8)3-1-10-2-4(9)11-3/h6-9,13-14H,3-5H2,1-2H3,(H2,11,12,15);1-2H,(H2,9,11).